The van der Waals surface area contributed by atoms with Gasteiger partial charge in [-0.1, -0.05) is 77.9 Å². The summed E-state index contributed by atoms with van der Waals surface area (Å²) in [5, 5.41) is 9.91. The van der Waals surface area contributed by atoms with Crippen LogP contribution in [0, 0.1) is 32.6 Å². The van der Waals surface area contributed by atoms with Crippen molar-refractivity contribution < 1.29 is 9.59 Å². The van der Waals surface area contributed by atoms with Crippen molar-refractivity contribution in [3.63, 3.8) is 0 Å². The van der Waals surface area contributed by atoms with E-state index in [0.29, 0.717) is 12.2 Å². The molecule has 1 saturated carbocycles. The number of Topliss-reactive ketones (excluding diaryl/α,β-unsaturated/α-hetero) is 1. The van der Waals surface area contributed by atoms with Crippen LogP contribution in [0.5, 0.6) is 0 Å². The number of aromatic nitrogens is 1. The van der Waals surface area contributed by atoms with Crippen molar-refractivity contribution in [1.82, 2.24) is 10.3 Å². The van der Waals surface area contributed by atoms with Gasteiger partial charge in [0.2, 0.25) is 5.91 Å². The van der Waals surface area contributed by atoms with Gasteiger partial charge in [0, 0.05) is 45.4 Å². The third kappa shape index (κ3) is 5.48. The maximum atomic E-state index is 13.4. The summed E-state index contributed by atoms with van der Waals surface area (Å²) >= 11 is 0. The van der Waals surface area contributed by atoms with Crippen LogP contribution in [-0.4, -0.2) is 23.2 Å². The molecule has 0 aliphatic heterocycles. The molecule has 4 N–H and O–H groups in total. The normalized spacial score (nSPS) is 18.6. The smallest absolute Gasteiger partial charge is 0.231 e. The molecule has 1 aliphatic rings. The molecule has 5 nitrogen and oxygen atoms in total. The van der Waals surface area contributed by atoms with Gasteiger partial charge in [0.05, 0.1) is 0 Å². The first-order chi connectivity index (χ1) is 21.7. The Labute approximate surface area is 264 Å². The molecule has 4 aromatic carbocycles. The van der Waals surface area contributed by atoms with E-state index < -0.39 is 5.92 Å². The second kappa shape index (κ2) is 12.2. The molecule has 0 spiro atoms. The van der Waals surface area contributed by atoms with E-state index in [1.165, 1.54) is 39.8 Å². The van der Waals surface area contributed by atoms with Crippen LogP contribution < -0.4 is 16.4 Å². The van der Waals surface area contributed by atoms with Crippen LogP contribution in [-0.2, 0) is 9.59 Å². The Balaban J connectivity index is 1.45. The van der Waals surface area contributed by atoms with Gasteiger partial charge >= 0.3 is 0 Å². The quantitative estimate of drug-likeness (QED) is 0.170. The zero-order chi connectivity index (χ0) is 31.8. The minimum atomic E-state index is -0.805. The van der Waals surface area contributed by atoms with Gasteiger partial charge in [-0.2, -0.15) is 0 Å². The lowest BCUT2D eigenvalue weighted by Gasteiger charge is -2.23. The topological polar surface area (TPSA) is 88.0 Å². The van der Waals surface area contributed by atoms with Crippen molar-refractivity contribution in [1.29, 1.82) is 0 Å². The third-order valence-electron chi connectivity index (χ3n) is 9.44. The first-order valence-electron chi connectivity index (χ1n) is 15.8. The Morgan fingerprint density at radius 2 is 1.47 bits per heavy atom. The van der Waals surface area contributed by atoms with E-state index in [1.807, 2.05) is 25.1 Å². The fourth-order valence-electron chi connectivity index (χ4n) is 7.17. The van der Waals surface area contributed by atoms with Crippen molar-refractivity contribution in [3.05, 3.63) is 118 Å². The number of benzene rings is 4. The van der Waals surface area contributed by atoms with Crippen molar-refractivity contribution >= 4 is 55.9 Å². The number of amides is 1. The lowest BCUT2D eigenvalue weighted by Crippen LogP contribution is -2.39. The first kappa shape index (κ1) is 30.1. The minimum Gasteiger partial charge on any atom is -0.398 e. The van der Waals surface area contributed by atoms with Gasteiger partial charge in [0.1, 0.15) is 11.7 Å². The number of aromatic amines is 1. The van der Waals surface area contributed by atoms with Gasteiger partial charge in [0.15, 0.2) is 0 Å². The maximum Gasteiger partial charge on any atom is 0.231 e. The summed E-state index contributed by atoms with van der Waals surface area (Å²) in [5.74, 6) is -1.51. The number of aryl methyl sites for hydroxylation is 3. The number of hydrogen-bond donors (Lipinski definition) is 3. The molecule has 6 rings (SSSR count). The molecule has 45 heavy (non-hydrogen) atoms. The van der Waals surface area contributed by atoms with E-state index in [1.54, 1.807) is 0 Å². The first-order valence-corrected chi connectivity index (χ1v) is 15.8. The molecule has 1 heterocycles. The number of rotatable bonds is 7. The molecular weight excluding hydrogens is 554 g/mol. The predicted octanol–water partition coefficient (Wildman–Crippen LogP) is 7.50. The summed E-state index contributed by atoms with van der Waals surface area (Å²) in [6.07, 6.45) is 9.73. The van der Waals surface area contributed by atoms with Gasteiger partial charge < -0.3 is 16.0 Å². The number of H-pyrrole nitrogens is 1. The fraction of sp³-hybridized carbons (Fsp3) is 0.250. The summed E-state index contributed by atoms with van der Waals surface area (Å²) < 4.78 is 0. The lowest BCUT2D eigenvalue weighted by atomic mass is 9.81. The largest absolute Gasteiger partial charge is 0.398 e. The Hall–Kier alpha value is -4.90. The number of fused-ring (bicyclic) bond motifs is 1. The predicted molar refractivity (Wildman–Crippen MR) is 188 cm³/mol. The van der Waals surface area contributed by atoms with E-state index in [-0.39, 0.29) is 17.6 Å². The van der Waals surface area contributed by atoms with Crippen LogP contribution in [0.1, 0.15) is 48.9 Å². The average molecular weight is 596 g/mol. The number of carbonyl (C=O) groups is 2. The summed E-state index contributed by atoms with van der Waals surface area (Å²) in [6, 6.07) is 21.2. The molecule has 1 amide bonds. The van der Waals surface area contributed by atoms with Crippen LogP contribution in [0.3, 0.4) is 0 Å². The summed E-state index contributed by atoms with van der Waals surface area (Å²) in [4.78, 5) is 30.0. The van der Waals surface area contributed by atoms with Crippen LogP contribution in [0.2, 0.25) is 0 Å². The maximum absolute atomic E-state index is 13.4. The van der Waals surface area contributed by atoms with Crippen molar-refractivity contribution in [3.8, 4) is 0 Å². The van der Waals surface area contributed by atoms with E-state index in [9.17, 15) is 9.59 Å². The summed E-state index contributed by atoms with van der Waals surface area (Å²) in [6.45, 7) is 10.2. The van der Waals surface area contributed by atoms with E-state index in [2.05, 4.69) is 97.8 Å². The molecule has 2 unspecified atom stereocenters. The highest BCUT2D eigenvalue weighted by molar-refractivity contribution is 6.11. The number of ketones is 1. The number of nitrogens with two attached hydrogens (primary N) is 1. The van der Waals surface area contributed by atoms with E-state index in [4.69, 9.17) is 5.73 Å². The molecule has 1 fully saturated rings. The molecule has 0 bridgehead atoms. The van der Waals surface area contributed by atoms with E-state index in [0.717, 1.165) is 51.2 Å². The monoisotopic (exact) mass is 595 g/mol. The zero-order valence-corrected chi connectivity index (χ0v) is 26.8. The van der Waals surface area contributed by atoms with Crippen molar-refractivity contribution in [2.24, 2.45) is 17.6 Å². The number of allylic oxidation sites excluding steroid dienone is 5. The minimum absolute atomic E-state index is 0.138. The standard InChI is InChI=1S/C40H41N3O2/c1-6-42-40(45)37(26(5)44)38-27(18-20-33(41)31-11-7-9-29-23(2)13-14-25(4)36(29)31)16-17-28(38)19-22-34-32-12-8-10-30-24(3)15-21-35(43-34)39(30)32/h7-15,18-22,37-38,43H,6,16-17,41H2,1-5H3,(H,42,45)/b27-18+,28-19+,33-20+,34-22+. The fourth-order valence-corrected chi connectivity index (χ4v) is 7.17. The van der Waals surface area contributed by atoms with Gasteiger partial charge in [0.25, 0.3) is 0 Å². The van der Waals surface area contributed by atoms with Gasteiger partial charge in [-0.3, -0.25) is 9.59 Å². The van der Waals surface area contributed by atoms with Crippen LogP contribution in [0.15, 0.2) is 90.0 Å². The molecule has 1 aliphatic carbocycles. The van der Waals surface area contributed by atoms with Gasteiger partial charge in [-0.05, 0) is 98.5 Å². The van der Waals surface area contributed by atoms with Gasteiger partial charge in [-0.25, -0.2) is 0 Å². The molecule has 5 heteroatoms. The van der Waals surface area contributed by atoms with Crippen LogP contribution >= 0.6 is 0 Å². The Morgan fingerprint density at radius 3 is 2.18 bits per heavy atom. The van der Waals surface area contributed by atoms with Gasteiger partial charge in [-0.15, -0.1) is 0 Å². The van der Waals surface area contributed by atoms with Crippen molar-refractivity contribution in [2.75, 3.05) is 6.54 Å². The third-order valence-corrected chi connectivity index (χ3v) is 9.44. The highest BCUT2D eigenvalue weighted by Crippen LogP contribution is 2.42. The molecular formula is C40H41N3O2. The molecule has 2 atom stereocenters. The Bertz CT molecular complexity index is 2130. The summed E-state index contributed by atoms with van der Waals surface area (Å²) in [7, 11) is 0. The number of hydrogen-bond acceptors (Lipinski definition) is 3. The average Bonchev–Trinajstić information content (AvgIpc) is 3.59. The Morgan fingerprint density at radius 1 is 0.844 bits per heavy atom. The summed E-state index contributed by atoms with van der Waals surface area (Å²) in [5.41, 5.74) is 15.2. The molecule has 228 valence electrons. The van der Waals surface area contributed by atoms with Crippen LogP contribution in [0.4, 0.5) is 0 Å². The SMILES string of the molecule is CCNC(=O)C(C(C)=O)C1/C(=C/C=C(/N)c2cccc3c(C)ccc(C)c23)CC/C1=C\C=c1\[nH]c2ccc(C)c3cccc1c23. The molecule has 0 saturated heterocycles. The lowest BCUT2D eigenvalue weighted by molar-refractivity contribution is -0.134. The highest BCUT2D eigenvalue weighted by atomic mass is 16.2. The number of carbonyl (C=O) groups excluding carboxylic acids is 2. The molecule has 5 aromatic rings. The second-order valence-corrected chi connectivity index (χ2v) is 12.4. The molecule has 0 radical (unpaired) electrons. The second-order valence-electron chi connectivity index (χ2n) is 12.4. The van der Waals surface area contributed by atoms with E-state index >= 15 is 0 Å². The Kier molecular flexibility index (Phi) is 8.20. The van der Waals surface area contributed by atoms with Crippen molar-refractivity contribution in [2.45, 2.75) is 47.5 Å². The zero-order valence-electron chi connectivity index (χ0n) is 26.8. The highest BCUT2D eigenvalue weighted by Gasteiger charge is 2.39. The van der Waals surface area contributed by atoms with Crippen LogP contribution in [0.25, 0.3) is 44.2 Å². The molecule has 1 aromatic heterocycles. The number of nitrogens with one attached hydrogen (secondary N) is 2.